The number of rotatable bonds is 6. The molecule has 0 aromatic carbocycles. The normalized spacial score (nSPS) is 13.8. The highest BCUT2D eigenvalue weighted by atomic mass is 32.2. The van der Waals surface area contributed by atoms with Gasteiger partial charge >= 0.3 is 5.97 Å². The van der Waals surface area contributed by atoms with Crippen molar-refractivity contribution in [1.29, 1.82) is 0 Å². The molecule has 2 N–H and O–H groups in total. The number of nitrogens with one attached hydrogen (secondary N) is 1. The first kappa shape index (κ1) is 14.0. The number of carboxylic acid groups (broad SMARTS) is 1. The van der Waals surface area contributed by atoms with Crippen LogP contribution in [-0.2, 0) is 14.8 Å². The van der Waals surface area contributed by atoms with Crippen molar-refractivity contribution in [3.8, 4) is 0 Å². The quantitative estimate of drug-likeness (QED) is 0.821. The molecule has 1 unspecified atom stereocenters. The van der Waals surface area contributed by atoms with E-state index in [9.17, 15) is 22.0 Å². The molecule has 0 saturated carbocycles. The Hall–Kier alpha value is -1.06. The van der Waals surface area contributed by atoms with Crippen LogP contribution in [0.4, 0.5) is 8.78 Å². The highest BCUT2D eigenvalue weighted by Crippen LogP contribution is 2.17. The van der Waals surface area contributed by atoms with E-state index in [1.807, 2.05) is 0 Å². The molecular formula is C8H9F2NO4S2. The van der Waals surface area contributed by atoms with Crippen molar-refractivity contribution in [2.45, 2.75) is 23.1 Å². The van der Waals surface area contributed by atoms with Crippen LogP contribution < -0.4 is 4.72 Å². The topological polar surface area (TPSA) is 83.5 Å². The van der Waals surface area contributed by atoms with Crippen LogP contribution in [-0.4, -0.2) is 32.0 Å². The molecule has 1 rings (SSSR count). The summed E-state index contributed by atoms with van der Waals surface area (Å²) in [5.74, 6) is -1.63. The van der Waals surface area contributed by atoms with Crippen LogP contribution in [0.2, 0.25) is 0 Å². The molecule has 0 bridgehead atoms. The zero-order valence-corrected chi connectivity index (χ0v) is 9.97. The van der Waals surface area contributed by atoms with Gasteiger partial charge in [-0.05, 0) is 11.4 Å². The summed E-state index contributed by atoms with van der Waals surface area (Å²) in [6.07, 6.45) is -3.97. The number of carbonyl (C=O) groups is 1. The van der Waals surface area contributed by atoms with Crippen LogP contribution in [0, 0.1) is 0 Å². The Morgan fingerprint density at radius 1 is 1.53 bits per heavy atom. The molecule has 0 radical (unpaired) electrons. The van der Waals surface area contributed by atoms with Crippen molar-refractivity contribution >= 4 is 27.3 Å². The van der Waals surface area contributed by atoms with E-state index in [0.717, 1.165) is 11.3 Å². The van der Waals surface area contributed by atoms with Crippen molar-refractivity contribution in [2.75, 3.05) is 0 Å². The number of alkyl halides is 2. The smallest absolute Gasteiger partial charge is 0.321 e. The van der Waals surface area contributed by atoms with Gasteiger partial charge in [-0.3, -0.25) is 4.79 Å². The lowest BCUT2D eigenvalue weighted by atomic mass is 10.2. The highest BCUT2D eigenvalue weighted by Gasteiger charge is 2.28. The van der Waals surface area contributed by atoms with E-state index >= 15 is 0 Å². The molecule has 0 aliphatic rings. The summed E-state index contributed by atoms with van der Waals surface area (Å²) in [4.78, 5) is 10.6. The van der Waals surface area contributed by atoms with Gasteiger partial charge in [0.25, 0.3) is 10.0 Å². The van der Waals surface area contributed by atoms with Gasteiger partial charge in [-0.25, -0.2) is 17.2 Å². The molecule has 0 fully saturated rings. The number of carboxylic acids is 1. The molecule has 5 nitrogen and oxygen atoms in total. The molecule has 0 aliphatic carbocycles. The average molecular weight is 285 g/mol. The van der Waals surface area contributed by atoms with E-state index < -0.39 is 34.9 Å². The van der Waals surface area contributed by atoms with Crippen molar-refractivity contribution in [3.63, 3.8) is 0 Å². The van der Waals surface area contributed by atoms with Gasteiger partial charge in [-0.2, -0.15) is 4.72 Å². The molecular weight excluding hydrogens is 276 g/mol. The van der Waals surface area contributed by atoms with Crippen LogP contribution in [0.3, 0.4) is 0 Å². The molecule has 1 atom stereocenters. The van der Waals surface area contributed by atoms with Crippen LogP contribution in [0.15, 0.2) is 21.7 Å². The van der Waals surface area contributed by atoms with Crippen molar-refractivity contribution < 1.29 is 27.1 Å². The summed E-state index contributed by atoms with van der Waals surface area (Å²) in [7, 11) is -4.05. The maximum Gasteiger partial charge on any atom is 0.321 e. The lowest BCUT2D eigenvalue weighted by molar-refractivity contribution is -0.140. The lowest BCUT2D eigenvalue weighted by Crippen LogP contribution is -2.41. The van der Waals surface area contributed by atoms with E-state index in [0.29, 0.717) is 0 Å². The van der Waals surface area contributed by atoms with E-state index in [4.69, 9.17) is 5.11 Å². The van der Waals surface area contributed by atoms with E-state index in [1.165, 1.54) is 17.5 Å². The zero-order chi connectivity index (χ0) is 13.1. The van der Waals surface area contributed by atoms with Crippen molar-refractivity contribution in [1.82, 2.24) is 4.72 Å². The molecule has 0 saturated heterocycles. The third kappa shape index (κ3) is 4.02. The molecule has 1 aromatic heterocycles. The number of hydrogen-bond donors (Lipinski definition) is 2. The molecule has 17 heavy (non-hydrogen) atoms. The first-order chi connectivity index (χ1) is 7.83. The average Bonchev–Trinajstić information content (AvgIpc) is 2.68. The van der Waals surface area contributed by atoms with E-state index in [1.54, 1.807) is 4.72 Å². The number of hydrogen-bond acceptors (Lipinski definition) is 4. The van der Waals surface area contributed by atoms with Gasteiger partial charge in [-0.1, -0.05) is 6.07 Å². The highest BCUT2D eigenvalue weighted by molar-refractivity contribution is 7.91. The van der Waals surface area contributed by atoms with Crippen LogP contribution in [0.5, 0.6) is 0 Å². The van der Waals surface area contributed by atoms with E-state index in [2.05, 4.69) is 0 Å². The van der Waals surface area contributed by atoms with Crippen LogP contribution in [0.1, 0.15) is 6.42 Å². The van der Waals surface area contributed by atoms with Crippen molar-refractivity contribution in [2.24, 2.45) is 0 Å². The minimum Gasteiger partial charge on any atom is -0.480 e. The lowest BCUT2D eigenvalue weighted by Gasteiger charge is -2.13. The fourth-order valence-electron chi connectivity index (χ4n) is 1.04. The fraction of sp³-hybridized carbons (Fsp3) is 0.375. The van der Waals surface area contributed by atoms with Crippen molar-refractivity contribution in [3.05, 3.63) is 17.5 Å². The van der Waals surface area contributed by atoms with Gasteiger partial charge in [0.15, 0.2) is 0 Å². The summed E-state index contributed by atoms with van der Waals surface area (Å²) >= 11 is 0.872. The minimum absolute atomic E-state index is 0.113. The van der Waals surface area contributed by atoms with Gasteiger partial charge in [0.2, 0.25) is 6.43 Å². The minimum atomic E-state index is -4.05. The Morgan fingerprint density at radius 2 is 2.18 bits per heavy atom. The largest absolute Gasteiger partial charge is 0.480 e. The molecule has 96 valence electrons. The monoisotopic (exact) mass is 285 g/mol. The van der Waals surface area contributed by atoms with Gasteiger partial charge < -0.3 is 5.11 Å². The second-order valence-electron chi connectivity index (χ2n) is 3.07. The first-order valence-electron chi connectivity index (χ1n) is 4.39. The fourth-order valence-corrected chi connectivity index (χ4v) is 3.25. The standard InChI is InChI=1S/C8H9F2NO4S2/c9-6(10)4-5(8(12)13)11-17(14,15)7-2-1-3-16-7/h1-3,5-6,11H,4H2,(H,12,13). The number of sulfonamides is 1. The van der Waals surface area contributed by atoms with Crippen LogP contribution in [0.25, 0.3) is 0 Å². The molecule has 1 heterocycles. The second-order valence-corrected chi connectivity index (χ2v) is 5.96. The Morgan fingerprint density at radius 3 is 2.59 bits per heavy atom. The van der Waals surface area contributed by atoms with Gasteiger partial charge in [-0.15, -0.1) is 11.3 Å². The number of thiophene rings is 1. The Labute approximate surface area is 100 Å². The molecule has 9 heteroatoms. The van der Waals surface area contributed by atoms with Gasteiger partial charge in [0.05, 0.1) is 0 Å². The van der Waals surface area contributed by atoms with Gasteiger partial charge in [0, 0.05) is 6.42 Å². The molecule has 0 aliphatic heterocycles. The SMILES string of the molecule is O=C(O)C(CC(F)F)NS(=O)(=O)c1cccs1. The number of aliphatic carboxylic acids is 1. The number of halogens is 2. The first-order valence-corrected chi connectivity index (χ1v) is 6.76. The maximum absolute atomic E-state index is 12.1. The summed E-state index contributed by atoms with van der Waals surface area (Å²) in [5.41, 5.74) is 0. The maximum atomic E-state index is 12.1. The molecule has 0 amide bonds. The third-order valence-corrected chi connectivity index (χ3v) is 4.64. The van der Waals surface area contributed by atoms with E-state index in [-0.39, 0.29) is 4.21 Å². The Bertz CT molecular complexity index is 472. The summed E-state index contributed by atoms with van der Waals surface area (Å²) < 4.78 is 48.9. The third-order valence-electron chi connectivity index (χ3n) is 1.77. The Balaban J connectivity index is 2.84. The summed E-state index contributed by atoms with van der Waals surface area (Å²) in [6.45, 7) is 0. The predicted octanol–water partition coefficient (Wildman–Crippen LogP) is 1.13. The molecule has 0 spiro atoms. The summed E-state index contributed by atoms with van der Waals surface area (Å²) in [5, 5.41) is 10.1. The van der Waals surface area contributed by atoms with Gasteiger partial charge in [0.1, 0.15) is 10.3 Å². The summed E-state index contributed by atoms with van der Waals surface area (Å²) in [6, 6.07) is 0.887. The zero-order valence-electron chi connectivity index (χ0n) is 8.34. The Kier molecular flexibility index (Phi) is 4.54. The molecule has 1 aromatic rings. The predicted molar refractivity (Wildman–Crippen MR) is 56.7 cm³/mol. The van der Waals surface area contributed by atoms with Crippen LogP contribution >= 0.6 is 11.3 Å². The second kappa shape index (κ2) is 5.52.